The summed E-state index contributed by atoms with van der Waals surface area (Å²) in [6, 6.07) is 0.0302. The van der Waals surface area contributed by atoms with Gasteiger partial charge in [0.05, 0.1) is 0 Å². The van der Waals surface area contributed by atoms with E-state index < -0.39 is 0 Å². The molecule has 1 rings (SSSR count). The molecule has 3 amide bonds. The third-order valence-electron chi connectivity index (χ3n) is 2.75. The van der Waals surface area contributed by atoms with Crippen molar-refractivity contribution in [1.82, 2.24) is 14.7 Å². The highest BCUT2D eigenvalue weighted by Gasteiger charge is 2.24. The third kappa shape index (κ3) is 3.12. The second-order valence-electron chi connectivity index (χ2n) is 4.29. The summed E-state index contributed by atoms with van der Waals surface area (Å²) < 4.78 is 0. The number of urea groups is 1. The quantitative estimate of drug-likeness (QED) is 0.694. The number of carbonyl (C=O) groups excluding carboxylic acids is 2. The van der Waals surface area contributed by atoms with Crippen molar-refractivity contribution in [3.05, 3.63) is 0 Å². The van der Waals surface area contributed by atoms with Gasteiger partial charge in [-0.1, -0.05) is 6.92 Å². The van der Waals surface area contributed by atoms with Crippen LogP contribution in [0.2, 0.25) is 0 Å². The minimum Gasteiger partial charge on any atom is -0.339 e. The third-order valence-corrected chi connectivity index (χ3v) is 2.75. The predicted molar refractivity (Wildman–Crippen MR) is 62.1 cm³/mol. The zero-order valence-electron chi connectivity index (χ0n) is 10.4. The Balaban J connectivity index is 2.39. The molecule has 5 nitrogen and oxygen atoms in total. The Morgan fingerprint density at radius 1 is 1.06 bits per heavy atom. The van der Waals surface area contributed by atoms with E-state index >= 15 is 0 Å². The van der Waals surface area contributed by atoms with E-state index in [1.54, 1.807) is 23.9 Å². The number of rotatable bonds is 2. The van der Waals surface area contributed by atoms with Gasteiger partial charge in [0.15, 0.2) is 0 Å². The summed E-state index contributed by atoms with van der Waals surface area (Å²) in [5.41, 5.74) is 0. The van der Waals surface area contributed by atoms with Crippen LogP contribution in [0.15, 0.2) is 0 Å². The lowest BCUT2D eigenvalue weighted by Crippen LogP contribution is -2.52. The number of nitrogens with zero attached hydrogens (tertiary/aromatic N) is 3. The molecule has 1 fully saturated rings. The monoisotopic (exact) mass is 227 g/mol. The first-order valence-corrected chi connectivity index (χ1v) is 5.80. The zero-order chi connectivity index (χ0) is 12.1. The fourth-order valence-electron chi connectivity index (χ4n) is 1.80. The fraction of sp³-hybridized carbons (Fsp3) is 0.818. The van der Waals surface area contributed by atoms with Crippen molar-refractivity contribution in [2.45, 2.75) is 19.8 Å². The summed E-state index contributed by atoms with van der Waals surface area (Å²) in [5.74, 6) is 0.208. The van der Waals surface area contributed by atoms with Crippen molar-refractivity contribution >= 4 is 11.9 Å². The van der Waals surface area contributed by atoms with E-state index in [0.29, 0.717) is 32.6 Å². The molecule has 0 radical (unpaired) electrons. The molecule has 0 aromatic carbocycles. The van der Waals surface area contributed by atoms with E-state index in [1.165, 1.54) is 0 Å². The van der Waals surface area contributed by atoms with Crippen molar-refractivity contribution in [2.24, 2.45) is 0 Å². The second kappa shape index (κ2) is 5.72. The molecule has 1 aliphatic heterocycles. The highest BCUT2D eigenvalue weighted by atomic mass is 16.2. The Hall–Kier alpha value is -1.26. The Bertz CT molecular complexity index is 258. The molecular formula is C11H21N3O2. The van der Waals surface area contributed by atoms with Crippen LogP contribution in [-0.4, -0.2) is 66.9 Å². The van der Waals surface area contributed by atoms with Gasteiger partial charge in [0, 0.05) is 46.7 Å². The standard InChI is InChI=1S/C11H21N3O2/c1-4-5-10(15)13-6-8-14(9-7-13)11(16)12(2)3/h4-9H2,1-3H3. The first-order chi connectivity index (χ1) is 7.56. The van der Waals surface area contributed by atoms with E-state index in [0.717, 1.165) is 6.42 Å². The minimum absolute atomic E-state index is 0.0302. The molecule has 1 aliphatic rings. The van der Waals surface area contributed by atoms with Crippen molar-refractivity contribution in [3.8, 4) is 0 Å². The van der Waals surface area contributed by atoms with Gasteiger partial charge in [0.1, 0.15) is 0 Å². The molecule has 92 valence electrons. The number of piperazine rings is 1. The number of carbonyl (C=O) groups is 2. The average Bonchev–Trinajstić information content (AvgIpc) is 2.28. The first kappa shape index (κ1) is 12.8. The van der Waals surface area contributed by atoms with Gasteiger partial charge in [-0.25, -0.2) is 4.79 Å². The molecule has 0 aromatic heterocycles. The van der Waals surface area contributed by atoms with Gasteiger partial charge < -0.3 is 14.7 Å². The number of hydrogen-bond donors (Lipinski definition) is 0. The molecule has 1 heterocycles. The molecule has 5 heteroatoms. The lowest BCUT2D eigenvalue weighted by Gasteiger charge is -2.36. The van der Waals surface area contributed by atoms with Gasteiger partial charge in [0.25, 0.3) is 0 Å². The van der Waals surface area contributed by atoms with Gasteiger partial charge in [-0.05, 0) is 6.42 Å². The van der Waals surface area contributed by atoms with Crippen molar-refractivity contribution < 1.29 is 9.59 Å². The molecule has 0 aliphatic carbocycles. The summed E-state index contributed by atoms with van der Waals surface area (Å²) in [6.45, 7) is 4.62. The lowest BCUT2D eigenvalue weighted by atomic mass is 10.2. The van der Waals surface area contributed by atoms with Crippen LogP contribution in [0.3, 0.4) is 0 Å². The molecule has 0 spiro atoms. The summed E-state index contributed by atoms with van der Waals surface area (Å²) in [5, 5.41) is 0. The maximum atomic E-state index is 11.6. The van der Waals surface area contributed by atoms with Gasteiger partial charge >= 0.3 is 6.03 Å². The zero-order valence-corrected chi connectivity index (χ0v) is 10.4. The molecule has 0 N–H and O–H groups in total. The van der Waals surface area contributed by atoms with E-state index in [-0.39, 0.29) is 11.9 Å². The van der Waals surface area contributed by atoms with Gasteiger partial charge in [0.2, 0.25) is 5.91 Å². The average molecular weight is 227 g/mol. The molecule has 0 atom stereocenters. The lowest BCUT2D eigenvalue weighted by molar-refractivity contribution is -0.132. The molecule has 16 heavy (non-hydrogen) atoms. The van der Waals surface area contributed by atoms with Crippen LogP contribution in [0, 0.1) is 0 Å². The molecule has 0 aromatic rings. The number of hydrogen-bond acceptors (Lipinski definition) is 2. The minimum atomic E-state index is 0.0302. The summed E-state index contributed by atoms with van der Waals surface area (Å²) in [6.07, 6.45) is 1.50. The van der Waals surface area contributed by atoms with Crippen molar-refractivity contribution in [1.29, 1.82) is 0 Å². The van der Waals surface area contributed by atoms with E-state index in [2.05, 4.69) is 0 Å². The first-order valence-electron chi connectivity index (χ1n) is 5.80. The van der Waals surface area contributed by atoms with Crippen LogP contribution < -0.4 is 0 Å². The number of amides is 3. The molecule has 1 saturated heterocycles. The van der Waals surface area contributed by atoms with Crippen LogP contribution in [0.5, 0.6) is 0 Å². The Morgan fingerprint density at radius 2 is 1.56 bits per heavy atom. The highest BCUT2D eigenvalue weighted by Crippen LogP contribution is 2.06. The summed E-state index contributed by atoms with van der Waals surface area (Å²) in [7, 11) is 3.49. The SMILES string of the molecule is CCCC(=O)N1CCN(C(=O)N(C)C)CC1. The van der Waals surface area contributed by atoms with E-state index in [9.17, 15) is 9.59 Å². The van der Waals surface area contributed by atoms with Gasteiger partial charge in [-0.15, -0.1) is 0 Å². The van der Waals surface area contributed by atoms with Crippen LogP contribution in [0.1, 0.15) is 19.8 Å². The van der Waals surface area contributed by atoms with Gasteiger partial charge in [-0.3, -0.25) is 4.79 Å². The maximum absolute atomic E-state index is 11.6. The van der Waals surface area contributed by atoms with Gasteiger partial charge in [-0.2, -0.15) is 0 Å². The smallest absolute Gasteiger partial charge is 0.319 e. The topological polar surface area (TPSA) is 43.9 Å². The molecule has 0 bridgehead atoms. The molecule has 0 saturated carbocycles. The summed E-state index contributed by atoms with van der Waals surface area (Å²) >= 11 is 0. The highest BCUT2D eigenvalue weighted by molar-refractivity contribution is 5.77. The summed E-state index contributed by atoms with van der Waals surface area (Å²) in [4.78, 5) is 28.5. The van der Waals surface area contributed by atoms with Crippen molar-refractivity contribution in [2.75, 3.05) is 40.3 Å². The molecular weight excluding hydrogens is 206 g/mol. The molecule has 0 unspecified atom stereocenters. The Labute approximate surface area is 97.0 Å². The van der Waals surface area contributed by atoms with E-state index in [4.69, 9.17) is 0 Å². The van der Waals surface area contributed by atoms with Crippen LogP contribution >= 0.6 is 0 Å². The fourth-order valence-corrected chi connectivity index (χ4v) is 1.80. The maximum Gasteiger partial charge on any atom is 0.319 e. The Morgan fingerprint density at radius 3 is 2.00 bits per heavy atom. The van der Waals surface area contributed by atoms with Crippen molar-refractivity contribution in [3.63, 3.8) is 0 Å². The second-order valence-corrected chi connectivity index (χ2v) is 4.29. The van der Waals surface area contributed by atoms with Crippen LogP contribution in [-0.2, 0) is 4.79 Å². The predicted octanol–water partition coefficient (Wildman–Crippen LogP) is 0.612. The van der Waals surface area contributed by atoms with E-state index in [1.807, 2.05) is 11.8 Å². The normalized spacial score (nSPS) is 16.2. The van der Waals surface area contributed by atoms with Crippen LogP contribution in [0.25, 0.3) is 0 Å². The largest absolute Gasteiger partial charge is 0.339 e. The Kier molecular flexibility index (Phi) is 4.58. The van der Waals surface area contributed by atoms with Crippen LogP contribution in [0.4, 0.5) is 4.79 Å².